The van der Waals surface area contributed by atoms with E-state index in [0.717, 1.165) is 0 Å². The Morgan fingerprint density at radius 2 is 2.00 bits per heavy atom. The summed E-state index contributed by atoms with van der Waals surface area (Å²) >= 11 is 11.6. The lowest BCUT2D eigenvalue weighted by atomic mass is 10.0. The molecule has 0 aromatic heterocycles. The van der Waals surface area contributed by atoms with E-state index in [1.165, 1.54) is 0 Å². The van der Waals surface area contributed by atoms with Crippen LogP contribution in [-0.4, -0.2) is 15.4 Å². The van der Waals surface area contributed by atoms with Crippen LogP contribution in [-0.2, 0) is 4.79 Å². The van der Waals surface area contributed by atoms with E-state index in [2.05, 4.69) is 0 Å². The monoisotopic (exact) mass is 196 g/mol. The summed E-state index contributed by atoms with van der Waals surface area (Å²) in [5, 5.41) is 8.84. The number of carboxylic acid groups (broad SMARTS) is 1. The second-order valence-electron chi connectivity index (χ2n) is 2.97. The second kappa shape index (κ2) is 2.27. The normalized spacial score (nSPS) is 40.2. The molecule has 1 N–H and O–H groups in total. The van der Waals surface area contributed by atoms with Gasteiger partial charge in [-0.05, 0) is 6.42 Å². The van der Waals surface area contributed by atoms with Crippen molar-refractivity contribution in [3.8, 4) is 0 Å². The van der Waals surface area contributed by atoms with Gasteiger partial charge in [-0.1, -0.05) is 13.8 Å². The summed E-state index contributed by atoms with van der Waals surface area (Å²) < 4.78 is -1.06. The number of carbonyl (C=O) groups is 1. The maximum atomic E-state index is 10.8. The first kappa shape index (κ1) is 9.14. The zero-order chi connectivity index (χ0) is 8.86. The molecule has 1 saturated carbocycles. The largest absolute Gasteiger partial charge is 0.481 e. The van der Waals surface area contributed by atoms with Crippen molar-refractivity contribution < 1.29 is 9.90 Å². The van der Waals surface area contributed by atoms with Crippen LogP contribution in [0.4, 0.5) is 0 Å². The van der Waals surface area contributed by atoms with Gasteiger partial charge in [-0.15, -0.1) is 23.2 Å². The Morgan fingerprint density at radius 3 is 2.00 bits per heavy atom. The van der Waals surface area contributed by atoms with Gasteiger partial charge >= 0.3 is 5.97 Å². The predicted molar refractivity (Wildman–Crippen MR) is 44.0 cm³/mol. The van der Waals surface area contributed by atoms with Gasteiger partial charge in [-0.25, -0.2) is 0 Å². The van der Waals surface area contributed by atoms with Gasteiger partial charge in [0.1, 0.15) is 9.75 Å². The fraction of sp³-hybridized carbons (Fsp3) is 0.857. The van der Waals surface area contributed by atoms with Crippen LogP contribution in [0.3, 0.4) is 0 Å². The van der Waals surface area contributed by atoms with E-state index < -0.39 is 15.7 Å². The summed E-state index contributed by atoms with van der Waals surface area (Å²) in [6.07, 6.45) is 0.483. The number of halogens is 2. The molecule has 0 aliphatic heterocycles. The Kier molecular flexibility index (Phi) is 1.88. The summed E-state index contributed by atoms with van der Waals surface area (Å²) in [5.74, 6) is -1.04. The number of carboxylic acids is 1. The molecule has 0 saturated heterocycles. The molecule has 0 spiro atoms. The molecule has 11 heavy (non-hydrogen) atoms. The van der Waals surface area contributed by atoms with Crippen molar-refractivity contribution in [1.29, 1.82) is 0 Å². The second-order valence-corrected chi connectivity index (χ2v) is 4.36. The van der Waals surface area contributed by atoms with Crippen molar-refractivity contribution in [3.05, 3.63) is 0 Å². The molecule has 0 radical (unpaired) electrons. The maximum Gasteiger partial charge on any atom is 0.313 e. The highest BCUT2D eigenvalue weighted by atomic mass is 35.5. The van der Waals surface area contributed by atoms with Gasteiger partial charge < -0.3 is 5.11 Å². The van der Waals surface area contributed by atoms with Crippen LogP contribution in [0.15, 0.2) is 0 Å². The first-order valence-corrected chi connectivity index (χ1v) is 4.28. The van der Waals surface area contributed by atoms with Crippen LogP contribution in [0, 0.1) is 11.3 Å². The van der Waals surface area contributed by atoms with Crippen molar-refractivity contribution >= 4 is 29.2 Å². The molecule has 2 atom stereocenters. The van der Waals surface area contributed by atoms with Crippen LogP contribution < -0.4 is 0 Å². The van der Waals surface area contributed by atoms with E-state index >= 15 is 0 Å². The molecule has 0 aromatic carbocycles. The first-order chi connectivity index (χ1) is 4.91. The Labute approximate surface area is 75.5 Å². The van der Waals surface area contributed by atoms with E-state index in [4.69, 9.17) is 28.3 Å². The van der Waals surface area contributed by atoms with Crippen molar-refractivity contribution in [2.45, 2.75) is 24.6 Å². The third-order valence-electron chi connectivity index (χ3n) is 2.73. The molecule has 0 bridgehead atoms. The molecule has 0 aromatic rings. The minimum Gasteiger partial charge on any atom is -0.481 e. The van der Waals surface area contributed by atoms with Crippen molar-refractivity contribution in [1.82, 2.24) is 0 Å². The zero-order valence-electron chi connectivity index (χ0n) is 6.40. The van der Waals surface area contributed by atoms with Gasteiger partial charge in [0.15, 0.2) is 0 Å². The summed E-state index contributed by atoms with van der Waals surface area (Å²) in [6, 6.07) is 0. The Hall–Kier alpha value is 0.0500. The van der Waals surface area contributed by atoms with Gasteiger partial charge in [-0.3, -0.25) is 4.79 Å². The van der Waals surface area contributed by atoms with E-state index in [1.54, 1.807) is 13.8 Å². The quantitative estimate of drug-likeness (QED) is 0.689. The number of rotatable bonds is 2. The number of hydrogen-bond donors (Lipinski definition) is 1. The number of aliphatic carboxylic acids is 1. The highest BCUT2D eigenvalue weighted by Gasteiger charge is 2.77. The third-order valence-corrected chi connectivity index (χ3v) is 4.06. The molecular formula is C7H10Cl2O2. The smallest absolute Gasteiger partial charge is 0.313 e. The Morgan fingerprint density at radius 1 is 1.64 bits per heavy atom. The summed E-state index contributed by atoms with van der Waals surface area (Å²) in [4.78, 5) is 10.8. The summed E-state index contributed by atoms with van der Waals surface area (Å²) in [5.41, 5.74) is -0.907. The molecule has 1 fully saturated rings. The van der Waals surface area contributed by atoms with E-state index in [0.29, 0.717) is 6.42 Å². The van der Waals surface area contributed by atoms with Crippen LogP contribution in [0.25, 0.3) is 0 Å². The number of hydrogen-bond acceptors (Lipinski definition) is 1. The average Bonchev–Trinajstić information content (AvgIpc) is 2.30. The van der Waals surface area contributed by atoms with Crippen molar-refractivity contribution in [2.24, 2.45) is 11.3 Å². The Balaban J connectivity index is 2.93. The molecule has 0 heterocycles. The molecule has 1 aliphatic carbocycles. The van der Waals surface area contributed by atoms with E-state index in [-0.39, 0.29) is 5.92 Å². The predicted octanol–water partition coefficient (Wildman–Crippen LogP) is 2.29. The van der Waals surface area contributed by atoms with Crippen LogP contribution >= 0.6 is 23.2 Å². The summed E-state index contributed by atoms with van der Waals surface area (Å²) in [6.45, 7) is 3.55. The van der Waals surface area contributed by atoms with Crippen molar-refractivity contribution in [2.75, 3.05) is 0 Å². The number of alkyl halides is 2. The molecular weight excluding hydrogens is 187 g/mol. The fourth-order valence-corrected chi connectivity index (χ4v) is 2.68. The standard InChI is InChI=1S/C7H10Cl2O2/c1-3-6(5(10)11)4(2)7(6,8)9/h4H,3H2,1-2H3,(H,10,11)/t4-,6-/m1/s1. The lowest BCUT2D eigenvalue weighted by molar-refractivity contribution is -0.144. The van der Waals surface area contributed by atoms with Crippen LogP contribution in [0.5, 0.6) is 0 Å². The van der Waals surface area contributed by atoms with E-state index in [1.807, 2.05) is 0 Å². The summed E-state index contributed by atoms with van der Waals surface area (Å²) in [7, 11) is 0. The molecule has 1 rings (SSSR count). The third kappa shape index (κ3) is 0.828. The van der Waals surface area contributed by atoms with Crippen LogP contribution in [0.2, 0.25) is 0 Å². The van der Waals surface area contributed by atoms with Gasteiger partial charge in [0, 0.05) is 5.92 Å². The average molecular weight is 197 g/mol. The molecule has 64 valence electrons. The molecule has 1 aliphatic rings. The van der Waals surface area contributed by atoms with Crippen molar-refractivity contribution in [3.63, 3.8) is 0 Å². The minimum atomic E-state index is -1.06. The van der Waals surface area contributed by atoms with Gasteiger partial charge in [0.2, 0.25) is 0 Å². The Bertz CT molecular complexity index is 203. The lowest BCUT2D eigenvalue weighted by Crippen LogP contribution is -2.20. The first-order valence-electron chi connectivity index (χ1n) is 3.52. The maximum absolute atomic E-state index is 10.8. The molecule has 2 nitrogen and oxygen atoms in total. The highest BCUT2D eigenvalue weighted by molar-refractivity contribution is 6.53. The highest BCUT2D eigenvalue weighted by Crippen LogP contribution is 2.70. The SMILES string of the molecule is CC[C@]1(C(=O)O)[C@@H](C)C1(Cl)Cl. The van der Waals surface area contributed by atoms with Gasteiger partial charge in [0.25, 0.3) is 0 Å². The van der Waals surface area contributed by atoms with Gasteiger partial charge in [0.05, 0.1) is 0 Å². The van der Waals surface area contributed by atoms with Crippen LogP contribution in [0.1, 0.15) is 20.3 Å². The fourth-order valence-electron chi connectivity index (χ4n) is 1.66. The zero-order valence-corrected chi connectivity index (χ0v) is 7.91. The molecule has 4 heteroatoms. The minimum absolute atomic E-state index is 0.152. The molecule has 0 amide bonds. The molecule has 0 unspecified atom stereocenters. The van der Waals surface area contributed by atoms with Gasteiger partial charge in [-0.2, -0.15) is 0 Å². The lowest BCUT2D eigenvalue weighted by Gasteiger charge is -2.08. The topological polar surface area (TPSA) is 37.3 Å². The van der Waals surface area contributed by atoms with E-state index in [9.17, 15) is 4.79 Å².